The van der Waals surface area contributed by atoms with Crippen LogP contribution in [0.15, 0.2) is 17.1 Å². The fraction of sp³-hybridized carbons (Fsp3) is 0.385. The number of rotatable bonds is 2. The summed E-state index contributed by atoms with van der Waals surface area (Å²) in [4.78, 5) is 5.19. The quantitative estimate of drug-likeness (QED) is 0.622. The zero-order valence-corrected chi connectivity index (χ0v) is 11.5. The van der Waals surface area contributed by atoms with Gasteiger partial charge in [-0.2, -0.15) is 5.26 Å². The van der Waals surface area contributed by atoms with Gasteiger partial charge in [0, 0.05) is 12.1 Å². The lowest BCUT2D eigenvalue weighted by Gasteiger charge is -2.34. The SMILES string of the molecule is CC(c1cc(F)c(Cl)cc1F)N1CCCOC1=NC#N. The molecule has 1 saturated heterocycles. The highest BCUT2D eigenvalue weighted by Gasteiger charge is 2.27. The predicted molar refractivity (Wildman–Crippen MR) is 70.1 cm³/mol. The Hall–Kier alpha value is -1.87. The summed E-state index contributed by atoms with van der Waals surface area (Å²) in [6.45, 7) is 2.68. The second kappa shape index (κ2) is 6.06. The van der Waals surface area contributed by atoms with E-state index in [1.807, 2.05) is 0 Å². The van der Waals surface area contributed by atoms with Gasteiger partial charge in [0.2, 0.25) is 6.19 Å². The van der Waals surface area contributed by atoms with Gasteiger partial charge in [0.1, 0.15) is 11.6 Å². The molecule has 0 saturated carbocycles. The Morgan fingerprint density at radius 3 is 2.90 bits per heavy atom. The lowest BCUT2D eigenvalue weighted by atomic mass is 10.1. The molecule has 0 amide bonds. The monoisotopic (exact) mass is 299 g/mol. The van der Waals surface area contributed by atoms with Crippen LogP contribution in [0.5, 0.6) is 0 Å². The van der Waals surface area contributed by atoms with Crippen LogP contribution < -0.4 is 0 Å². The zero-order valence-electron chi connectivity index (χ0n) is 10.7. The predicted octanol–water partition coefficient (Wildman–Crippen LogP) is 3.24. The smallest absolute Gasteiger partial charge is 0.303 e. The molecule has 0 N–H and O–H groups in total. The van der Waals surface area contributed by atoms with Crippen molar-refractivity contribution in [3.63, 3.8) is 0 Å². The van der Waals surface area contributed by atoms with E-state index >= 15 is 0 Å². The first-order valence-corrected chi connectivity index (χ1v) is 6.43. The van der Waals surface area contributed by atoms with Crippen molar-refractivity contribution in [1.29, 1.82) is 5.26 Å². The van der Waals surface area contributed by atoms with Crippen molar-refractivity contribution in [2.45, 2.75) is 19.4 Å². The van der Waals surface area contributed by atoms with Crippen LogP contribution in [0.25, 0.3) is 0 Å². The Balaban J connectivity index is 2.35. The van der Waals surface area contributed by atoms with Crippen LogP contribution in [0, 0.1) is 23.1 Å². The topological polar surface area (TPSA) is 48.6 Å². The Labute approximate surface area is 120 Å². The third kappa shape index (κ3) is 2.83. The molecule has 7 heteroatoms. The minimum Gasteiger partial charge on any atom is -0.464 e. The van der Waals surface area contributed by atoms with Gasteiger partial charge in [-0.3, -0.25) is 0 Å². The molecule has 0 bridgehead atoms. The number of ether oxygens (including phenoxy) is 1. The molecule has 1 aliphatic rings. The van der Waals surface area contributed by atoms with E-state index < -0.39 is 17.7 Å². The summed E-state index contributed by atoms with van der Waals surface area (Å²) in [6.07, 6.45) is 2.36. The second-order valence-corrected chi connectivity index (χ2v) is 4.76. The number of nitrogens with zero attached hydrogens (tertiary/aromatic N) is 3. The van der Waals surface area contributed by atoms with E-state index in [0.717, 1.165) is 12.1 Å². The van der Waals surface area contributed by atoms with Crippen molar-refractivity contribution in [2.24, 2.45) is 4.99 Å². The summed E-state index contributed by atoms with van der Waals surface area (Å²) in [5, 5.41) is 8.36. The standard InChI is InChI=1S/C13H12ClF2N3O/c1-8(9-5-12(16)10(14)6-11(9)15)19-3-2-4-20-13(19)18-7-17/h5-6,8H,2-4H2,1H3. The summed E-state index contributed by atoms with van der Waals surface area (Å²) in [5.41, 5.74) is 0.142. The van der Waals surface area contributed by atoms with Gasteiger partial charge in [-0.1, -0.05) is 11.6 Å². The summed E-state index contributed by atoms with van der Waals surface area (Å²) in [7, 11) is 0. The van der Waals surface area contributed by atoms with Crippen LogP contribution in [0.2, 0.25) is 5.02 Å². The van der Waals surface area contributed by atoms with Gasteiger partial charge in [0.05, 0.1) is 17.7 Å². The van der Waals surface area contributed by atoms with Gasteiger partial charge in [-0.05, 0) is 25.5 Å². The van der Waals surface area contributed by atoms with Gasteiger partial charge in [0.15, 0.2) is 0 Å². The van der Waals surface area contributed by atoms with Gasteiger partial charge in [-0.25, -0.2) is 8.78 Å². The lowest BCUT2D eigenvalue weighted by Crippen LogP contribution is -2.40. The molecule has 1 fully saturated rings. The minimum absolute atomic E-state index is 0.126. The molecule has 0 aliphatic carbocycles. The molecule has 4 nitrogen and oxygen atoms in total. The van der Waals surface area contributed by atoms with Gasteiger partial charge < -0.3 is 9.64 Å². The third-order valence-corrected chi connectivity index (χ3v) is 3.41. The number of halogens is 3. The molecule has 1 unspecified atom stereocenters. The number of hydrogen-bond donors (Lipinski definition) is 0. The maximum Gasteiger partial charge on any atom is 0.303 e. The average molecular weight is 300 g/mol. The minimum atomic E-state index is -0.688. The molecule has 1 atom stereocenters. The van der Waals surface area contributed by atoms with Crippen molar-refractivity contribution in [1.82, 2.24) is 4.90 Å². The number of amidine groups is 1. The molecular weight excluding hydrogens is 288 g/mol. The van der Waals surface area contributed by atoms with Gasteiger partial charge in [-0.15, -0.1) is 4.99 Å². The summed E-state index contributed by atoms with van der Waals surface area (Å²) in [5.74, 6) is -1.29. The number of aliphatic imine (C=N–C) groups is 1. The molecule has 1 heterocycles. The van der Waals surface area contributed by atoms with E-state index in [4.69, 9.17) is 21.6 Å². The Bertz CT molecular complexity index is 586. The van der Waals surface area contributed by atoms with Crippen LogP contribution in [-0.2, 0) is 4.74 Å². The molecule has 1 aromatic carbocycles. The van der Waals surface area contributed by atoms with Crippen molar-refractivity contribution in [3.8, 4) is 6.19 Å². The molecule has 1 aromatic rings. The third-order valence-electron chi connectivity index (χ3n) is 3.12. The number of benzene rings is 1. The highest BCUT2D eigenvalue weighted by atomic mass is 35.5. The van der Waals surface area contributed by atoms with Gasteiger partial charge >= 0.3 is 6.02 Å². The summed E-state index contributed by atoms with van der Waals surface area (Å²) < 4.78 is 32.7. The fourth-order valence-corrected chi connectivity index (χ4v) is 2.25. The average Bonchev–Trinajstić information content (AvgIpc) is 2.43. The van der Waals surface area contributed by atoms with E-state index in [1.54, 1.807) is 18.0 Å². The highest BCUT2D eigenvalue weighted by Crippen LogP contribution is 2.29. The van der Waals surface area contributed by atoms with Crippen molar-refractivity contribution in [2.75, 3.05) is 13.2 Å². The molecule has 20 heavy (non-hydrogen) atoms. The fourth-order valence-electron chi connectivity index (χ4n) is 2.10. The van der Waals surface area contributed by atoms with Crippen LogP contribution in [0.1, 0.15) is 24.9 Å². The molecular formula is C13H12ClF2N3O. The summed E-state index contributed by atoms with van der Waals surface area (Å²) in [6, 6.07) is 1.60. The molecule has 0 aromatic heterocycles. The maximum atomic E-state index is 13.9. The first-order chi connectivity index (χ1) is 9.54. The molecule has 0 spiro atoms. The number of hydrogen-bond acceptors (Lipinski definition) is 3. The van der Waals surface area contributed by atoms with Crippen molar-refractivity contribution >= 4 is 17.6 Å². The van der Waals surface area contributed by atoms with E-state index in [2.05, 4.69) is 4.99 Å². The van der Waals surface area contributed by atoms with Crippen LogP contribution in [-0.4, -0.2) is 24.1 Å². The maximum absolute atomic E-state index is 13.9. The highest BCUT2D eigenvalue weighted by molar-refractivity contribution is 6.30. The van der Waals surface area contributed by atoms with Crippen LogP contribution in [0.4, 0.5) is 8.78 Å². The van der Waals surface area contributed by atoms with Crippen LogP contribution >= 0.6 is 11.6 Å². The Morgan fingerprint density at radius 2 is 2.20 bits per heavy atom. The van der Waals surface area contributed by atoms with Crippen LogP contribution in [0.3, 0.4) is 0 Å². The van der Waals surface area contributed by atoms with E-state index in [9.17, 15) is 8.78 Å². The summed E-state index contributed by atoms with van der Waals surface area (Å²) >= 11 is 5.53. The van der Waals surface area contributed by atoms with Crippen molar-refractivity contribution in [3.05, 3.63) is 34.4 Å². The second-order valence-electron chi connectivity index (χ2n) is 4.35. The molecule has 0 radical (unpaired) electrons. The van der Waals surface area contributed by atoms with E-state index in [1.165, 1.54) is 0 Å². The normalized spacial score (nSPS) is 18.6. The van der Waals surface area contributed by atoms with Crippen molar-refractivity contribution < 1.29 is 13.5 Å². The first kappa shape index (κ1) is 14.5. The molecule has 1 aliphatic heterocycles. The zero-order chi connectivity index (χ0) is 14.7. The molecule has 2 rings (SSSR count). The molecule has 106 valence electrons. The van der Waals surface area contributed by atoms with Gasteiger partial charge in [0.25, 0.3) is 0 Å². The Kier molecular flexibility index (Phi) is 4.40. The first-order valence-electron chi connectivity index (χ1n) is 6.05. The Morgan fingerprint density at radius 1 is 1.45 bits per heavy atom. The van der Waals surface area contributed by atoms with E-state index in [0.29, 0.717) is 19.6 Å². The number of nitriles is 1. The lowest BCUT2D eigenvalue weighted by molar-refractivity contribution is 0.148. The van der Waals surface area contributed by atoms with E-state index in [-0.39, 0.29) is 16.6 Å². The largest absolute Gasteiger partial charge is 0.464 e.